The van der Waals surface area contributed by atoms with Crippen molar-refractivity contribution in [2.75, 3.05) is 19.4 Å². The van der Waals surface area contributed by atoms with Gasteiger partial charge in [-0.05, 0) is 50.3 Å². The zero-order chi connectivity index (χ0) is 17.5. The van der Waals surface area contributed by atoms with Gasteiger partial charge in [-0.3, -0.25) is 9.59 Å². The number of ether oxygens (including phenoxy) is 2. The smallest absolute Gasteiger partial charge is 0.323 e. The molecule has 1 aromatic rings. The second-order valence-corrected chi connectivity index (χ2v) is 5.95. The van der Waals surface area contributed by atoms with Gasteiger partial charge in [0.2, 0.25) is 0 Å². The van der Waals surface area contributed by atoms with Gasteiger partial charge in [0.15, 0.2) is 0 Å². The van der Waals surface area contributed by atoms with Crippen molar-refractivity contribution >= 4 is 17.6 Å². The maximum absolute atomic E-state index is 12.1. The number of nitrogens with two attached hydrogens (primary N) is 2. The van der Waals surface area contributed by atoms with Crippen LogP contribution in [0.3, 0.4) is 0 Å². The molecule has 1 unspecified atom stereocenters. The number of esters is 1. The van der Waals surface area contributed by atoms with Gasteiger partial charge in [0.1, 0.15) is 17.9 Å². The Balaban J connectivity index is 1.76. The highest BCUT2D eigenvalue weighted by atomic mass is 16.5. The SMILES string of the molecule is COc1cc(C(=O)NCCC(N)C(=O)OC2CCCC2)ccc1N. The molecule has 1 aromatic carbocycles. The molecule has 132 valence electrons. The zero-order valence-electron chi connectivity index (χ0n) is 13.9. The van der Waals surface area contributed by atoms with Gasteiger partial charge in [-0.2, -0.15) is 0 Å². The van der Waals surface area contributed by atoms with E-state index in [9.17, 15) is 9.59 Å². The molecule has 1 aliphatic carbocycles. The van der Waals surface area contributed by atoms with E-state index in [1.54, 1.807) is 18.2 Å². The van der Waals surface area contributed by atoms with Crippen molar-refractivity contribution in [1.82, 2.24) is 5.32 Å². The summed E-state index contributed by atoms with van der Waals surface area (Å²) in [4.78, 5) is 24.0. The number of nitrogen functional groups attached to an aromatic ring is 1. The first kappa shape index (κ1) is 18.1. The van der Waals surface area contributed by atoms with Crippen LogP contribution in [0.4, 0.5) is 5.69 Å². The first-order chi connectivity index (χ1) is 11.5. The van der Waals surface area contributed by atoms with Gasteiger partial charge in [0, 0.05) is 12.1 Å². The lowest BCUT2D eigenvalue weighted by Crippen LogP contribution is -2.38. The molecule has 5 N–H and O–H groups in total. The Kier molecular flexibility index (Phi) is 6.43. The molecule has 2 rings (SSSR count). The van der Waals surface area contributed by atoms with E-state index >= 15 is 0 Å². The third kappa shape index (κ3) is 4.86. The fourth-order valence-corrected chi connectivity index (χ4v) is 2.67. The molecule has 0 heterocycles. The number of hydrogen-bond donors (Lipinski definition) is 3. The summed E-state index contributed by atoms with van der Waals surface area (Å²) in [7, 11) is 1.49. The number of amides is 1. The summed E-state index contributed by atoms with van der Waals surface area (Å²) in [5.41, 5.74) is 12.4. The summed E-state index contributed by atoms with van der Waals surface area (Å²) in [6.07, 6.45) is 4.33. The number of rotatable bonds is 7. The highest BCUT2D eigenvalue weighted by Gasteiger charge is 2.23. The molecule has 1 fully saturated rings. The van der Waals surface area contributed by atoms with Crippen LogP contribution >= 0.6 is 0 Å². The number of nitrogens with one attached hydrogen (secondary N) is 1. The average molecular weight is 335 g/mol. The van der Waals surface area contributed by atoms with Crippen LogP contribution < -0.4 is 21.5 Å². The predicted octanol–water partition coefficient (Wildman–Crippen LogP) is 1.21. The Bertz CT molecular complexity index is 585. The quantitative estimate of drug-likeness (QED) is 0.509. The molecule has 0 bridgehead atoms. The van der Waals surface area contributed by atoms with Crippen molar-refractivity contribution in [3.8, 4) is 5.75 Å². The van der Waals surface area contributed by atoms with Crippen molar-refractivity contribution in [3.05, 3.63) is 23.8 Å². The van der Waals surface area contributed by atoms with Gasteiger partial charge in [-0.15, -0.1) is 0 Å². The molecule has 7 heteroatoms. The summed E-state index contributed by atoms with van der Waals surface area (Å²) < 4.78 is 10.4. The summed E-state index contributed by atoms with van der Waals surface area (Å²) in [6.45, 7) is 0.284. The first-order valence-corrected chi connectivity index (χ1v) is 8.19. The topological polar surface area (TPSA) is 117 Å². The molecule has 1 amide bonds. The van der Waals surface area contributed by atoms with E-state index in [0.29, 0.717) is 23.4 Å². The minimum absolute atomic E-state index is 0.000355. The molecular weight excluding hydrogens is 310 g/mol. The monoisotopic (exact) mass is 335 g/mol. The Morgan fingerprint density at radius 2 is 2.04 bits per heavy atom. The molecule has 1 aliphatic rings. The minimum Gasteiger partial charge on any atom is -0.495 e. The fraction of sp³-hybridized carbons (Fsp3) is 0.529. The van der Waals surface area contributed by atoms with E-state index < -0.39 is 12.0 Å². The lowest BCUT2D eigenvalue weighted by atomic mass is 10.1. The van der Waals surface area contributed by atoms with E-state index in [0.717, 1.165) is 25.7 Å². The van der Waals surface area contributed by atoms with Crippen LogP contribution in [0.25, 0.3) is 0 Å². The van der Waals surface area contributed by atoms with Crippen LogP contribution in [0, 0.1) is 0 Å². The van der Waals surface area contributed by atoms with E-state index in [2.05, 4.69) is 5.32 Å². The highest BCUT2D eigenvalue weighted by Crippen LogP contribution is 2.22. The first-order valence-electron chi connectivity index (χ1n) is 8.19. The van der Waals surface area contributed by atoms with Crippen molar-refractivity contribution in [2.45, 2.75) is 44.2 Å². The van der Waals surface area contributed by atoms with Crippen LogP contribution in [-0.4, -0.2) is 37.7 Å². The predicted molar refractivity (Wildman–Crippen MR) is 90.7 cm³/mol. The fourth-order valence-electron chi connectivity index (χ4n) is 2.67. The standard InChI is InChI=1S/C17H25N3O4/c1-23-15-10-11(6-7-13(15)18)16(21)20-9-8-14(19)17(22)24-12-4-2-3-5-12/h6-7,10,12,14H,2-5,8-9,18-19H2,1H3,(H,20,21). The van der Waals surface area contributed by atoms with E-state index in [4.69, 9.17) is 20.9 Å². The van der Waals surface area contributed by atoms with Gasteiger partial charge < -0.3 is 26.3 Å². The third-order valence-corrected chi connectivity index (χ3v) is 4.12. The lowest BCUT2D eigenvalue weighted by Gasteiger charge is -2.16. The number of methoxy groups -OCH3 is 1. The average Bonchev–Trinajstić information content (AvgIpc) is 3.07. The highest BCUT2D eigenvalue weighted by molar-refractivity contribution is 5.95. The molecule has 7 nitrogen and oxygen atoms in total. The van der Waals surface area contributed by atoms with E-state index in [1.807, 2.05) is 0 Å². The summed E-state index contributed by atoms with van der Waals surface area (Å²) in [5, 5.41) is 2.73. The van der Waals surface area contributed by atoms with Crippen molar-refractivity contribution in [2.24, 2.45) is 5.73 Å². The minimum atomic E-state index is -0.730. The van der Waals surface area contributed by atoms with Gasteiger partial charge in [-0.25, -0.2) is 0 Å². The number of hydrogen-bond acceptors (Lipinski definition) is 6. The maximum Gasteiger partial charge on any atom is 0.323 e. The molecule has 0 radical (unpaired) electrons. The molecule has 0 spiro atoms. The van der Waals surface area contributed by atoms with Crippen molar-refractivity contribution < 1.29 is 19.1 Å². The number of anilines is 1. The second kappa shape index (κ2) is 8.54. The van der Waals surface area contributed by atoms with Gasteiger partial charge in [0.25, 0.3) is 5.91 Å². The Morgan fingerprint density at radius 1 is 1.33 bits per heavy atom. The Hall–Kier alpha value is -2.28. The van der Waals surface area contributed by atoms with Gasteiger partial charge in [0.05, 0.1) is 12.8 Å². The van der Waals surface area contributed by atoms with Crippen LogP contribution in [0.5, 0.6) is 5.75 Å². The number of carbonyl (C=O) groups excluding carboxylic acids is 2. The normalized spacial score (nSPS) is 15.8. The second-order valence-electron chi connectivity index (χ2n) is 5.95. The van der Waals surface area contributed by atoms with Crippen LogP contribution in [0.15, 0.2) is 18.2 Å². The van der Waals surface area contributed by atoms with E-state index in [-0.39, 0.29) is 18.6 Å². The molecule has 1 atom stereocenters. The molecular formula is C17H25N3O4. The van der Waals surface area contributed by atoms with Crippen molar-refractivity contribution in [1.29, 1.82) is 0 Å². The van der Waals surface area contributed by atoms with Crippen LogP contribution in [0.1, 0.15) is 42.5 Å². The summed E-state index contributed by atoms with van der Waals surface area (Å²) in [5.74, 6) is -0.227. The molecule has 24 heavy (non-hydrogen) atoms. The molecule has 0 aromatic heterocycles. The Labute approximate surface area is 141 Å². The summed E-state index contributed by atoms with van der Waals surface area (Å²) >= 11 is 0. The third-order valence-electron chi connectivity index (χ3n) is 4.12. The van der Waals surface area contributed by atoms with Gasteiger partial charge >= 0.3 is 5.97 Å². The Morgan fingerprint density at radius 3 is 2.71 bits per heavy atom. The summed E-state index contributed by atoms with van der Waals surface area (Å²) in [6, 6.07) is 4.06. The lowest BCUT2D eigenvalue weighted by molar-refractivity contribution is -0.150. The van der Waals surface area contributed by atoms with Gasteiger partial charge in [-0.1, -0.05) is 0 Å². The molecule has 0 aliphatic heterocycles. The molecule has 1 saturated carbocycles. The maximum atomic E-state index is 12.1. The number of benzene rings is 1. The van der Waals surface area contributed by atoms with Crippen LogP contribution in [0.2, 0.25) is 0 Å². The van der Waals surface area contributed by atoms with E-state index in [1.165, 1.54) is 7.11 Å². The van der Waals surface area contributed by atoms with Crippen molar-refractivity contribution in [3.63, 3.8) is 0 Å². The largest absolute Gasteiger partial charge is 0.495 e. The molecule has 0 saturated heterocycles. The van der Waals surface area contributed by atoms with Crippen LogP contribution in [-0.2, 0) is 9.53 Å². The number of carbonyl (C=O) groups is 2. The zero-order valence-corrected chi connectivity index (χ0v) is 13.9.